The molecule has 0 aromatic heterocycles. The summed E-state index contributed by atoms with van der Waals surface area (Å²) in [5, 5.41) is 0.00870. The van der Waals surface area contributed by atoms with E-state index in [-0.39, 0.29) is 11.2 Å². The van der Waals surface area contributed by atoms with Crippen LogP contribution >= 0.6 is 27.5 Å². The van der Waals surface area contributed by atoms with Gasteiger partial charge in [-0.2, -0.15) is 0 Å². The highest BCUT2D eigenvalue weighted by Gasteiger charge is 2.30. The molecule has 0 aliphatic heterocycles. The molecule has 16 heavy (non-hydrogen) atoms. The van der Waals surface area contributed by atoms with Crippen LogP contribution < -0.4 is 0 Å². The van der Waals surface area contributed by atoms with Gasteiger partial charge < -0.3 is 0 Å². The molecule has 1 saturated carbocycles. The predicted molar refractivity (Wildman–Crippen MR) is 69.2 cm³/mol. The zero-order chi connectivity index (χ0) is 11.7. The molecule has 1 aliphatic rings. The van der Waals surface area contributed by atoms with Gasteiger partial charge in [-0.25, -0.2) is 4.39 Å². The van der Waals surface area contributed by atoms with Crippen LogP contribution in [0.5, 0.6) is 0 Å². The van der Waals surface area contributed by atoms with Gasteiger partial charge in [0.2, 0.25) is 0 Å². The van der Waals surface area contributed by atoms with E-state index in [0.717, 1.165) is 5.56 Å². The fourth-order valence-corrected chi connectivity index (χ4v) is 3.45. The van der Waals surface area contributed by atoms with Crippen LogP contribution in [0, 0.1) is 17.7 Å². The molecule has 1 aromatic rings. The first-order valence-corrected chi connectivity index (χ1v) is 6.91. The van der Waals surface area contributed by atoms with E-state index in [9.17, 15) is 4.39 Å². The molecule has 0 spiro atoms. The minimum Gasteiger partial charge on any atom is -0.206 e. The van der Waals surface area contributed by atoms with Crippen molar-refractivity contribution in [1.29, 1.82) is 0 Å². The molecule has 0 bridgehead atoms. The van der Waals surface area contributed by atoms with Crippen LogP contribution in [0.15, 0.2) is 22.7 Å². The van der Waals surface area contributed by atoms with E-state index in [1.165, 1.54) is 25.3 Å². The smallest absolute Gasteiger partial charge is 0.137 e. The molecule has 1 aromatic carbocycles. The van der Waals surface area contributed by atoms with Crippen molar-refractivity contribution in [2.75, 3.05) is 0 Å². The topological polar surface area (TPSA) is 0 Å². The van der Waals surface area contributed by atoms with Gasteiger partial charge in [0, 0.05) is 0 Å². The summed E-state index contributed by atoms with van der Waals surface area (Å²) in [4.78, 5) is 0. The van der Waals surface area contributed by atoms with Gasteiger partial charge in [-0.3, -0.25) is 0 Å². The van der Waals surface area contributed by atoms with Gasteiger partial charge in [-0.1, -0.05) is 25.8 Å². The summed E-state index contributed by atoms with van der Waals surface area (Å²) in [6, 6.07) is 5.08. The molecule has 0 saturated heterocycles. The van der Waals surface area contributed by atoms with E-state index >= 15 is 0 Å². The summed E-state index contributed by atoms with van der Waals surface area (Å²) in [5.74, 6) is 0.970. The maximum absolute atomic E-state index is 13.1. The molecule has 3 unspecified atom stereocenters. The second kappa shape index (κ2) is 5.05. The number of benzene rings is 1. The molecule has 88 valence electrons. The Morgan fingerprint density at radius 1 is 1.44 bits per heavy atom. The van der Waals surface area contributed by atoms with Crippen molar-refractivity contribution in [2.24, 2.45) is 11.8 Å². The number of alkyl halides is 1. The van der Waals surface area contributed by atoms with Crippen molar-refractivity contribution in [3.8, 4) is 0 Å². The normalized spacial score (nSPS) is 27.0. The van der Waals surface area contributed by atoms with Crippen molar-refractivity contribution in [2.45, 2.75) is 31.6 Å². The molecule has 0 nitrogen and oxygen atoms in total. The van der Waals surface area contributed by atoms with Crippen molar-refractivity contribution >= 4 is 27.5 Å². The van der Waals surface area contributed by atoms with Gasteiger partial charge in [0.15, 0.2) is 0 Å². The molecule has 0 radical (unpaired) electrons. The Morgan fingerprint density at radius 3 is 2.75 bits per heavy atom. The lowest BCUT2D eigenvalue weighted by Gasteiger charge is -2.22. The monoisotopic (exact) mass is 304 g/mol. The van der Waals surface area contributed by atoms with E-state index in [2.05, 4.69) is 22.9 Å². The third-order valence-corrected chi connectivity index (χ3v) is 4.75. The van der Waals surface area contributed by atoms with Crippen molar-refractivity contribution < 1.29 is 4.39 Å². The first-order valence-electron chi connectivity index (χ1n) is 5.68. The predicted octanol–water partition coefficient (Wildman–Crippen LogP) is 5.30. The van der Waals surface area contributed by atoms with Gasteiger partial charge in [0.25, 0.3) is 0 Å². The summed E-state index contributed by atoms with van der Waals surface area (Å²) < 4.78 is 13.6. The summed E-state index contributed by atoms with van der Waals surface area (Å²) in [7, 11) is 0. The molecule has 0 N–H and O–H groups in total. The molecular weight excluding hydrogens is 290 g/mol. The van der Waals surface area contributed by atoms with E-state index in [1.54, 1.807) is 12.1 Å². The van der Waals surface area contributed by atoms with Crippen LogP contribution in [0.2, 0.25) is 0 Å². The lowest BCUT2D eigenvalue weighted by atomic mass is 9.90. The number of hydrogen-bond acceptors (Lipinski definition) is 0. The molecule has 2 rings (SSSR count). The quantitative estimate of drug-likeness (QED) is 0.650. The minimum absolute atomic E-state index is 0.00870. The van der Waals surface area contributed by atoms with Crippen LogP contribution in [0.4, 0.5) is 4.39 Å². The number of rotatable bonds is 2. The fraction of sp³-hybridized carbons (Fsp3) is 0.538. The second-order valence-corrected chi connectivity index (χ2v) is 5.97. The zero-order valence-electron chi connectivity index (χ0n) is 9.22. The van der Waals surface area contributed by atoms with E-state index in [4.69, 9.17) is 11.6 Å². The minimum atomic E-state index is -0.230. The molecule has 1 fully saturated rings. The average molecular weight is 306 g/mol. The van der Waals surface area contributed by atoms with Crippen LogP contribution in [0.25, 0.3) is 0 Å². The Hall–Kier alpha value is -0.0800. The molecule has 1 aliphatic carbocycles. The van der Waals surface area contributed by atoms with Crippen molar-refractivity contribution in [3.05, 3.63) is 34.1 Å². The first kappa shape index (κ1) is 12.4. The van der Waals surface area contributed by atoms with Gasteiger partial charge in [-0.15, -0.1) is 11.6 Å². The third kappa shape index (κ3) is 2.43. The summed E-state index contributed by atoms with van der Waals surface area (Å²) in [6.45, 7) is 2.26. The van der Waals surface area contributed by atoms with E-state index in [0.29, 0.717) is 16.3 Å². The first-order chi connectivity index (χ1) is 7.59. The van der Waals surface area contributed by atoms with Crippen molar-refractivity contribution in [3.63, 3.8) is 0 Å². The van der Waals surface area contributed by atoms with Crippen LogP contribution in [0.1, 0.15) is 37.1 Å². The van der Waals surface area contributed by atoms with Crippen molar-refractivity contribution in [1.82, 2.24) is 0 Å². The lowest BCUT2D eigenvalue weighted by molar-refractivity contribution is 0.405. The molecule has 0 amide bonds. The highest BCUT2D eigenvalue weighted by atomic mass is 79.9. The number of halogens is 3. The summed E-state index contributed by atoms with van der Waals surface area (Å²) in [6.07, 6.45) is 3.71. The molecular formula is C13H15BrClF. The molecule has 3 heteroatoms. The maximum Gasteiger partial charge on any atom is 0.137 e. The third-order valence-electron chi connectivity index (χ3n) is 3.57. The standard InChI is InChI=1S/C13H15BrClF/c1-8-3-2-4-10(8)13(15)9-5-6-12(16)11(14)7-9/h5-8,10,13H,2-4H2,1H3. The van der Waals surface area contributed by atoms with Gasteiger partial charge in [-0.05, 0) is 51.9 Å². The largest absolute Gasteiger partial charge is 0.206 e. The Balaban J connectivity index is 2.20. The van der Waals surface area contributed by atoms with E-state index < -0.39 is 0 Å². The van der Waals surface area contributed by atoms with Crippen LogP contribution in [0.3, 0.4) is 0 Å². The van der Waals surface area contributed by atoms with Gasteiger partial charge in [0.1, 0.15) is 5.82 Å². The zero-order valence-corrected chi connectivity index (χ0v) is 11.6. The molecule has 0 heterocycles. The van der Waals surface area contributed by atoms with E-state index in [1.807, 2.05) is 0 Å². The van der Waals surface area contributed by atoms with Gasteiger partial charge >= 0.3 is 0 Å². The second-order valence-electron chi connectivity index (χ2n) is 4.65. The molecule has 3 atom stereocenters. The SMILES string of the molecule is CC1CCCC1C(Cl)c1ccc(F)c(Br)c1. The fourth-order valence-electron chi connectivity index (χ4n) is 2.54. The number of hydrogen-bond donors (Lipinski definition) is 0. The van der Waals surface area contributed by atoms with Crippen LogP contribution in [-0.2, 0) is 0 Å². The van der Waals surface area contributed by atoms with Gasteiger partial charge in [0.05, 0.1) is 9.85 Å². The summed E-state index contributed by atoms with van der Waals surface area (Å²) >= 11 is 9.69. The van der Waals surface area contributed by atoms with Crippen LogP contribution in [-0.4, -0.2) is 0 Å². The highest BCUT2D eigenvalue weighted by Crippen LogP contribution is 2.43. The highest BCUT2D eigenvalue weighted by molar-refractivity contribution is 9.10. The Morgan fingerprint density at radius 2 is 2.19 bits per heavy atom. The summed E-state index contributed by atoms with van der Waals surface area (Å²) in [5.41, 5.74) is 1.02. The lowest BCUT2D eigenvalue weighted by Crippen LogP contribution is -2.11. The Labute approximate surface area is 109 Å². The maximum atomic E-state index is 13.1. The Bertz CT molecular complexity index is 380. The average Bonchev–Trinajstić information content (AvgIpc) is 2.67. The Kier molecular flexibility index (Phi) is 3.91.